The van der Waals surface area contributed by atoms with Crippen LogP contribution in [0.3, 0.4) is 0 Å². The molecule has 0 saturated heterocycles. The number of halogens is 1. The minimum absolute atomic E-state index is 0.865. The van der Waals surface area contributed by atoms with Gasteiger partial charge in [0.25, 0.3) is 0 Å². The highest BCUT2D eigenvalue weighted by atomic mass is 35.5. The van der Waals surface area contributed by atoms with E-state index in [2.05, 4.69) is 6.92 Å². The predicted molar refractivity (Wildman–Crippen MR) is 46.3 cm³/mol. The van der Waals surface area contributed by atoms with E-state index >= 15 is 0 Å². The Bertz CT molecular complexity index is 218. The summed E-state index contributed by atoms with van der Waals surface area (Å²) in [6, 6.07) is 9.48. The predicted octanol–water partition coefficient (Wildman–Crippen LogP) is 2.56. The van der Waals surface area contributed by atoms with E-state index in [1.165, 1.54) is 7.11 Å². The van der Waals surface area contributed by atoms with Gasteiger partial charge in [-0.05, 0) is 12.5 Å². The van der Waals surface area contributed by atoms with Gasteiger partial charge in [0.05, 0.1) is 0 Å². The normalized spacial score (nSPS) is 15.9. The van der Waals surface area contributed by atoms with E-state index in [1.807, 2.05) is 30.3 Å². The number of hydrogen-bond acceptors (Lipinski definition) is 1. The van der Waals surface area contributed by atoms with Crippen LogP contribution >= 0.6 is 11.6 Å². The van der Waals surface area contributed by atoms with Crippen LogP contribution in [0.1, 0.15) is 5.56 Å². The molecular weight excluding hydrogens is 160 g/mol. The van der Waals surface area contributed by atoms with Gasteiger partial charge in [-0.2, -0.15) is 0 Å². The number of benzene rings is 1. The summed E-state index contributed by atoms with van der Waals surface area (Å²) in [5.74, 6) is 0. The summed E-state index contributed by atoms with van der Waals surface area (Å²) in [5, 5.41) is -0.943. The van der Waals surface area contributed by atoms with E-state index in [9.17, 15) is 0 Å². The second-order valence-electron chi connectivity index (χ2n) is 2.30. The Labute approximate surface area is 71.9 Å². The Hall–Kier alpha value is -0.530. The van der Waals surface area contributed by atoms with Crippen molar-refractivity contribution in [3.63, 3.8) is 0 Å². The molecular formula is C9H10ClO. The van der Waals surface area contributed by atoms with Crippen LogP contribution in [0, 0.1) is 6.92 Å². The van der Waals surface area contributed by atoms with E-state index in [0.717, 1.165) is 5.56 Å². The molecule has 2 heteroatoms. The average Bonchev–Trinajstić information content (AvgIpc) is 2.06. The highest BCUT2D eigenvalue weighted by molar-refractivity contribution is 6.23. The molecule has 0 N–H and O–H groups in total. The van der Waals surface area contributed by atoms with E-state index in [1.54, 1.807) is 0 Å². The standard InChI is InChI=1S/C9H10ClO/c1-9(10,11-2)8-6-4-3-5-7-8/h3-7H,1H2,2H3. The molecule has 59 valence electrons. The van der Waals surface area contributed by atoms with Crippen molar-refractivity contribution in [2.75, 3.05) is 7.11 Å². The molecule has 0 aromatic heterocycles. The lowest BCUT2D eigenvalue weighted by Crippen LogP contribution is -2.15. The molecule has 0 fully saturated rings. The highest BCUT2D eigenvalue weighted by Crippen LogP contribution is 2.27. The topological polar surface area (TPSA) is 9.23 Å². The Morgan fingerprint density at radius 2 is 1.91 bits per heavy atom. The third-order valence-electron chi connectivity index (χ3n) is 1.53. The summed E-state index contributed by atoms with van der Waals surface area (Å²) in [6.45, 7) is 3.70. The lowest BCUT2D eigenvalue weighted by molar-refractivity contribution is 0.101. The zero-order valence-electron chi connectivity index (χ0n) is 6.38. The number of hydrogen-bond donors (Lipinski definition) is 0. The van der Waals surface area contributed by atoms with Crippen LogP contribution in [0.15, 0.2) is 30.3 Å². The molecule has 0 spiro atoms. The van der Waals surface area contributed by atoms with Gasteiger partial charge in [0, 0.05) is 7.11 Å². The van der Waals surface area contributed by atoms with E-state index in [0.29, 0.717) is 0 Å². The Morgan fingerprint density at radius 3 is 2.36 bits per heavy atom. The first-order valence-corrected chi connectivity index (χ1v) is 3.69. The molecule has 1 aromatic carbocycles. The summed E-state index contributed by atoms with van der Waals surface area (Å²) >= 11 is 5.91. The summed E-state index contributed by atoms with van der Waals surface area (Å²) in [7, 11) is 1.53. The first kappa shape index (κ1) is 8.57. The lowest BCUT2D eigenvalue weighted by atomic mass is 10.1. The van der Waals surface area contributed by atoms with Crippen molar-refractivity contribution in [1.29, 1.82) is 0 Å². The van der Waals surface area contributed by atoms with E-state index in [-0.39, 0.29) is 0 Å². The Morgan fingerprint density at radius 1 is 1.36 bits per heavy atom. The first-order chi connectivity index (χ1) is 5.17. The molecule has 1 unspecified atom stereocenters. The maximum Gasteiger partial charge on any atom is 0.167 e. The minimum Gasteiger partial charge on any atom is -0.359 e. The fourth-order valence-electron chi connectivity index (χ4n) is 0.805. The van der Waals surface area contributed by atoms with Gasteiger partial charge in [-0.25, -0.2) is 0 Å². The molecule has 1 aromatic rings. The quantitative estimate of drug-likeness (QED) is 0.619. The Balaban J connectivity index is 2.93. The van der Waals surface area contributed by atoms with Crippen molar-refractivity contribution < 1.29 is 4.74 Å². The van der Waals surface area contributed by atoms with E-state index in [4.69, 9.17) is 16.3 Å². The number of ether oxygens (including phenoxy) is 1. The maximum absolute atomic E-state index is 5.91. The van der Waals surface area contributed by atoms with Crippen LogP contribution in [0.25, 0.3) is 0 Å². The zero-order valence-corrected chi connectivity index (χ0v) is 7.14. The first-order valence-electron chi connectivity index (χ1n) is 3.32. The minimum atomic E-state index is -0.943. The van der Waals surface area contributed by atoms with Gasteiger partial charge in [-0.3, -0.25) is 0 Å². The average molecular weight is 170 g/mol. The van der Waals surface area contributed by atoms with E-state index < -0.39 is 5.06 Å². The molecule has 0 bridgehead atoms. The van der Waals surface area contributed by atoms with Gasteiger partial charge in [0.15, 0.2) is 5.06 Å². The van der Waals surface area contributed by atoms with Gasteiger partial charge in [0.1, 0.15) is 0 Å². The number of alkyl halides is 1. The molecule has 1 radical (unpaired) electrons. The fraction of sp³-hybridized carbons (Fsp3) is 0.222. The molecule has 0 aliphatic rings. The molecule has 1 nitrogen and oxygen atoms in total. The molecule has 0 amide bonds. The molecule has 0 heterocycles. The van der Waals surface area contributed by atoms with Crippen LogP contribution in [0.2, 0.25) is 0 Å². The van der Waals surface area contributed by atoms with Gasteiger partial charge < -0.3 is 4.74 Å². The molecule has 11 heavy (non-hydrogen) atoms. The summed E-state index contributed by atoms with van der Waals surface area (Å²) < 4.78 is 4.98. The zero-order chi connectivity index (χ0) is 8.32. The molecule has 1 atom stereocenters. The fourth-order valence-corrected chi connectivity index (χ4v) is 0.931. The highest BCUT2D eigenvalue weighted by Gasteiger charge is 2.21. The van der Waals surface area contributed by atoms with Crippen molar-refractivity contribution >= 4 is 11.6 Å². The van der Waals surface area contributed by atoms with Gasteiger partial charge >= 0.3 is 0 Å². The van der Waals surface area contributed by atoms with Crippen molar-refractivity contribution in [1.82, 2.24) is 0 Å². The monoisotopic (exact) mass is 169 g/mol. The third kappa shape index (κ3) is 1.95. The lowest BCUT2D eigenvalue weighted by Gasteiger charge is -2.19. The summed E-state index contributed by atoms with van der Waals surface area (Å²) in [5.41, 5.74) is 0.865. The van der Waals surface area contributed by atoms with Crippen LogP contribution in [0.4, 0.5) is 0 Å². The summed E-state index contributed by atoms with van der Waals surface area (Å²) in [6.07, 6.45) is 0. The van der Waals surface area contributed by atoms with Gasteiger partial charge in [0.2, 0.25) is 0 Å². The Kier molecular flexibility index (Phi) is 2.53. The van der Waals surface area contributed by atoms with Crippen LogP contribution in [0.5, 0.6) is 0 Å². The van der Waals surface area contributed by atoms with Crippen molar-refractivity contribution in [3.05, 3.63) is 42.8 Å². The largest absolute Gasteiger partial charge is 0.359 e. The molecule has 0 aliphatic heterocycles. The SMILES string of the molecule is [CH2]C(Cl)(OC)c1ccccc1. The van der Waals surface area contributed by atoms with Crippen LogP contribution in [-0.2, 0) is 9.80 Å². The number of methoxy groups -OCH3 is 1. The van der Waals surface area contributed by atoms with Crippen LogP contribution < -0.4 is 0 Å². The van der Waals surface area contributed by atoms with Crippen LogP contribution in [-0.4, -0.2) is 7.11 Å². The second kappa shape index (κ2) is 3.24. The van der Waals surface area contributed by atoms with Crippen molar-refractivity contribution in [2.24, 2.45) is 0 Å². The molecule has 0 aliphatic carbocycles. The van der Waals surface area contributed by atoms with Gasteiger partial charge in [-0.1, -0.05) is 41.9 Å². The third-order valence-corrected chi connectivity index (χ3v) is 1.90. The maximum atomic E-state index is 5.91. The van der Waals surface area contributed by atoms with Crippen molar-refractivity contribution in [3.8, 4) is 0 Å². The molecule has 1 rings (SSSR count). The van der Waals surface area contributed by atoms with Gasteiger partial charge in [-0.15, -0.1) is 0 Å². The molecule has 0 saturated carbocycles. The van der Waals surface area contributed by atoms with Crippen molar-refractivity contribution in [2.45, 2.75) is 5.06 Å². The smallest absolute Gasteiger partial charge is 0.167 e. The number of rotatable bonds is 2. The summed E-state index contributed by atoms with van der Waals surface area (Å²) in [4.78, 5) is 0. The second-order valence-corrected chi connectivity index (χ2v) is 2.91.